The fraction of sp³-hybridized carbons (Fsp3) is 0.519. The molecule has 5 heteroatoms. The molecule has 0 aliphatic heterocycles. The topological polar surface area (TPSA) is 65.8 Å². The Balaban J connectivity index is 1.13. The maximum atomic E-state index is 12.4. The first-order valence-electron chi connectivity index (χ1n) is 11.9. The van der Waals surface area contributed by atoms with Gasteiger partial charge in [-0.1, -0.05) is 39.8 Å². The smallest absolute Gasteiger partial charge is 0.271 e. The molecule has 7 rings (SSSR count). The number of nitrogens with one attached hydrogen (secondary N) is 2. The zero-order chi connectivity index (χ0) is 22.5. The van der Waals surface area contributed by atoms with Crippen LogP contribution in [0.5, 0.6) is 0 Å². The minimum atomic E-state index is -0.201. The van der Waals surface area contributed by atoms with Gasteiger partial charge >= 0.3 is 0 Å². The van der Waals surface area contributed by atoms with E-state index in [1.165, 1.54) is 24.0 Å². The molecular formula is C27H34N4O. The van der Waals surface area contributed by atoms with Gasteiger partial charge in [-0.05, 0) is 95.6 Å². The summed E-state index contributed by atoms with van der Waals surface area (Å²) in [6, 6.07) is 7.33. The number of amides is 1. The summed E-state index contributed by atoms with van der Waals surface area (Å²) in [5.74, 6) is 2.62. The summed E-state index contributed by atoms with van der Waals surface area (Å²) in [6.45, 7) is 9.40. The number of hydrogen-bond donors (Lipinski definition) is 2. The Labute approximate surface area is 191 Å². The third-order valence-corrected chi connectivity index (χ3v) is 8.96. The SMILES string of the molecule is CC1(C)C2CC=C(C=NNc3ccc(C(=O)N/N=C/C4=CCC5CC4C5(C)C)cc3)C1C2. The molecule has 0 radical (unpaired) electrons. The Morgan fingerprint density at radius 1 is 0.875 bits per heavy atom. The number of carbonyl (C=O) groups is 1. The van der Waals surface area contributed by atoms with Crippen molar-refractivity contribution in [3.63, 3.8) is 0 Å². The van der Waals surface area contributed by atoms with Crippen LogP contribution in [0.15, 0.2) is 57.8 Å². The van der Waals surface area contributed by atoms with Gasteiger partial charge in [0.2, 0.25) is 0 Å². The van der Waals surface area contributed by atoms with Gasteiger partial charge < -0.3 is 0 Å². The molecule has 1 aromatic rings. The van der Waals surface area contributed by atoms with Crippen molar-refractivity contribution in [3.8, 4) is 0 Å². The first-order chi connectivity index (χ1) is 15.3. The number of rotatable bonds is 6. The summed E-state index contributed by atoms with van der Waals surface area (Å²) < 4.78 is 0. The van der Waals surface area contributed by atoms with Crippen LogP contribution in [0.1, 0.15) is 63.7 Å². The molecule has 0 saturated heterocycles. The summed E-state index contributed by atoms with van der Waals surface area (Å²) in [6.07, 6.45) is 13.2. The number of hydrazone groups is 2. The van der Waals surface area contributed by atoms with E-state index in [9.17, 15) is 4.79 Å². The molecule has 2 saturated carbocycles. The van der Waals surface area contributed by atoms with Crippen molar-refractivity contribution in [3.05, 3.63) is 53.1 Å². The van der Waals surface area contributed by atoms with Crippen LogP contribution in [0.25, 0.3) is 0 Å². The average Bonchev–Trinajstić information content (AvgIpc) is 2.79. The maximum Gasteiger partial charge on any atom is 0.271 e. The molecule has 1 amide bonds. The highest BCUT2D eigenvalue weighted by Gasteiger charge is 2.51. The van der Waals surface area contributed by atoms with Gasteiger partial charge in [0.15, 0.2) is 0 Å². The lowest BCUT2D eigenvalue weighted by atomic mass is 9.49. The van der Waals surface area contributed by atoms with Crippen molar-refractivity contribution in [2.75, 3.05) is 5.43 Å². The van der Waals surface area contributed by atoms with E-state index in [1.807, 2.05) is 24.6 Å². The molecule has 2 N–H and O–H groups in total. The fourth-order valence-electron chi connectivity index (χ4n) is 6.20. The second kappa shape index (κ2) is 7.72. The highest BCUT2D eigenvalue weighted by molar-refractivity contribution is 5.95. The van der Waals surface area contributed by atoms with E-state index in [2.05, 4.69) is 60.9 Å². The van der Waals surface area contributed by atoms with Crippen LogP contribution in [0.2, 0.25) is 0 Å². The second-order valence-corrected chi connectivity index (χ2v) is 11.1. The van der Waals surface area contributed by atoms with Crippen LogP contribution >= 0.6 is 0 Å². The van der Waals surface area contributed by atoms with Crippen molar-refractivity contribution in [2.24, 2.45) is 44.7 Å². The molecule has 2 fully saturated rings. The lowest BCUT2D eigenvalue weighted by molar-refractivity contribution is -0.00128. The molecule has 168 valence electrons. The molecule has 6 aliphatic rings. The van der Waals surface area contributed by atoms with E-state index in [4.69, 9.17) is 0 Å². The second-order valence-electron chi connectivity index (χ2n) is 11.1. The number of fused-ring (bicyclic) bond motifs is 2. The third-order valence-electron chi connectivity index (χ3n) is 8.96. The Kier molecular flexibility index (Phi) is 5.11. The Morgan fingerprint density at radius 2 is 1.41 bits per heavy atom. The van der Waals surface area contributed by atoms with Gasteiger partial charge in [-0.15, -0.1) is 0 Å². The van der Waals surface area contributed by atoms with Crippen LogP contribution in [-0.2, 0) is 0 Å². The van der Waals surface area contributed by atoms with Crippen molar-refractivity contribution in [2.45, 2.75) is 53.4 Å². The Hall–Kier alpha value is -2.69. The van der Waals surface area contributed by atoms with Crippen molar-refractivity contribution < 1.29 is 4.79 Å². The molecule has 0 aromatic heterocycles. The van der Waals surface area contributed by atoms with Crippen molar-refractivity contribution in [1.82, 2.24) is 5.43 Å². The van der Waals surface area contributed by atoms with Crippen molar-refractivity contribution >= 4 is 24.0 Å². The minimum absolute atomic E-state index is 0.201. The lowest BCUT2D eigenvalue weighted by Crippen LogP contribution is -2.48. The largest absolute Gasteiger partial charge is 0.279 e. The first kappa shape index (κ1) is 21.2. The summed E-state index contributed by atoms with van der Waals surface area (Å²) >= 11 is 0. The molecule has 5 nitrogen and oxygen atoms in total. The van der Waals surface area contributed by atoms with Crippen LogP contribution < -0.4 is 10.9 Å². The first-order valence-corrected chi connectivity index (χ1v) is 11.9. The maximum absolute atomic E-state index is 12.4. The van der Waals surface area contributed by atoms with E-state index in [1.54, 1.807) is 12.1 Å². The monoisotopic (exact) mass is 430 g/mol. The Bertz CT molecular complexity index is 1030. The van der Waals surface area contributed by atoms with Gasteiger partial charge in [-0.3, -0.25) is 10.2 Å². The fourth-order valence-corrected chi connectivity index (χ4v) is 6.20. The van der Waals surface area contributed by atoms with Gasteiger partial charge in [0, 0.05) is 5.56 Å². The molecule has 4 atom stereocenters. The zero-order valence-corrected chi connectivity index (χ0v) is 19.6. The summed E-state index contributed by atoms with van der Waals surface area (Å²) in [5, 5.41) is 8.65. The van der Waals surface area contributed by atoms with Crippen LogP contribution in [0.3, 0.4) is 0 Å². The summed E-state index contributed by atoms with van der Waals surface area (Å²) in [7, 11) is 0. The van der Waals surface area contributed by atoms with E-state index in [0.717, 1.165) is 30.4 Å². The molecule has 4 bridgehead atoms. The molecule has 4 unspecified atom stereocenters. The molecule has 1 aromatic carbocycles. The number of hydrogen-bond acceptors (Lipinski definition) is 4. The van der Waals surface area contributed by atoms with E-state index < -0.39 is 0 Å². The predicted octanol–water partition coefficient (Wildman–Crippen LogP) is 5.78. The van der Waals surface area contributed by atoms with E-state index in [0.29, 0.717) is 28.2 Å². The zero-order valence-electron chi connectivity index (χ0n) is 19.6. The van der Waals surface area contributed by atoms with Gasteiger partial charge in [0.25, 0.3) is 5.91 Å². The number of allylic oxidation sites excluding steroid dienone is 4. The standard InChI is InChI=1S/C27H34N4O/c1-26(2)20-9-5-18(23(26)13-20)15-28-30-22-11-7-17(8-12-22)25(32)31-29-16-19-6-10-21-14-24(19)27(21,3)4/h5-8,11-12,15-16,20-21,23-24,30H,9-10,13-14H2,1-4H3,(H,31,32)/b28-15?,29-16+. The normalized spacial score (nSPS) is 31.4. The number of carbonyl (C=O) groups excluding carboxylic acids is 1. The van der Waals surface area contributed by atoms with Gasteiger partial charge in [-0.25, -0.2) is 5.43 Å². The molecule has 0 heterocycles. The van der Waals surface area contributed by atoms with Gasteiger partial charge in [-0.2, -0.15) is 10.2 Å². The van der Waals surface area contributed by atoms with Crippen LogP contribution in [0, 0.1) is 34.5 Å². The summed E-state index contributed by atoms with van der Waals surface area (Å²) in [4.78, 5) is 12.4. The Morgan fingerprint density at radius 3 is 1.91 bits per heavy atom. The highest BCUT2D eigenvalue weighted by atomic mass is 16.2. The quantitative estimate of drug-likeness (QED) is 0.443. The summed E-state index contributed by atoms with van der Waals surface area (Å²) in [5.41, 5.74) is 10.5. The van der Waals surface area contributed by atoms with Gasteiger partial charge in [0.1, 0.15) is 0 Å². The molecule has 6 aliphatic carbocycles. The van der Waals surface area contributed by atoms with Crippen LogP contribution in [-0.4, -0.2) is 18.3 Å². The average molecular weight is 431 g/mol. The number of anilines is 1. The molecule has 32 heavy (non-hydrogen) atoms. The molecular weight excluding hydrogens is 396 g/mol. The van der Waals surface area contributed by atoms with Crippen LogP contribution in [0.4, 0.5) is 5.69 Å². The van der Waals surface area contributed by atoms with Gasteiger partial charge in [0.05, 0.1) is 18.1 Å². The lowest BCUT2D eigenvalue weighted by Gasteiger charge is -2.55. The number of nitrogens with zero attached hydrogens (tertiary/aromatic N) is 2. The third kappa shape index (κ3) is 3.52. The van der Waals surface area contributed by atoms with E-state index >= 15 is 0 Å². The minimum Gasteiger partial charge on any atom is -0.279 e. The predicted molar refractivity (Wildman–Crippen MR) is 131 cm³/mol. The van der Waals surface area contributed by atoms with E-state index in [-0.39, 0.29) is 5.91 Å². The van der Waals surface area contributed by atoms with Crippen molar-refractivity contribution in [1.29, 1.82) is 0 Å². The number of benzene rings is 1. The highest BCUT2D eigenvalue weighted by Crippen LogP contribution is 2.59. The molecule has 0 spiro atoms.